The molecule has 1 aromatic rings. The summed E-state index contributed by atoms with van der Waals surface area (Å²) in [5, 5.41) is 2.87. The van der Waals surface area contributed by atoms with Crippen molar-refractivity contribution in [2.45, 2.75) is 50.3 Å². The minimum atomic E-state index is -0.491. The van der Waals surface area contributed by atoms with Crippen LogP contribution in [0.4, 0.5) is 20.6 Å². The summed E-state index contributed by atoms with van der Waals surface area (Å²) in [6.07, 6.45) is 4.30. The fraction of sp³-hybridized carbons (Fsp3) is 0.619. The van der Waals surface area contributed by atoms with Crippen LogP contribution in [0.25, 0.3) is 0 Å². The van der Waals surface area contributed by atoms with Crippen LogP contribution in [0.3, 0.4) is 0 Å². The van der Waals surface area contributed by atoms with E-state index < -0.39 is 12.2 Å². The van der Waals surface area contributed by atoms with E-state index in [-0.39, 0.29) is 17.6 Å². The molecule has 8 heteroatoms. The number of nitrogens with one attached hydrogen (secondary N) is 1. The number of halogens is 1. The van der Waals surface area contributed by atoms with E-state index in [9.17, 15) is 14.0 Å². The maximum atomic E-state index is 15.0. The smallest absolute Gasteiger partial charge is 0.414 e. The van der Waals surface area contributed by atoms with Crippen LogP contribution < -0.4 is 15.1 Å². The molecule has 5 rings (SSSR count). The number of amides is 2. The molecule has 4 fully saturated rings. The van der Waals surface area contributed by atoms with Gasteiger partial charge in [-0.05, 0) is 43.9 Å². The molecule has 3 aliphatic heterocycles. The Balaban J connectivity index is 1.24. The lowest BCUT2D eigenvalue weighted by Crippen LogP contribution is -2.43. The zero-order valence-corrected chi connectivity index (χ0v) is 17.1. The number of anilines is 2. The fourth-order valence-corrected chi connectivity index (χ4v) is 6.10. The zero-order chi connectivity index (χ0) is 20.0. The highest BCUT2D eigenvalue weighted by Gasteiger charge is 2.39. The summed E-state index contributed by atoms with van der Waals surface area (Å²) in [7, 11) is 0. The topological polar surface area (TPSA) is 61.9 Å². The average Bonchev–Trinajstić information content (AvgIpc) is 3.14. The Morgan fingerprint density at radius 3 is 2.62 bits per heavy atom. The molecular weight excluding hydrogens is 393 g/mol. The van der Waals surface area contributed by atoms with Gasteiger partial charge in [-0.1, -0.05) is 6.42 Å². The maximum absolute atomic E-state index is 15.0. The van der Waals surface area contributed by atoms with Gasteiger partial charge in [-0.3, -0.25) is 9.69 Å². The average molecular weight is 420 g/mol. The summed E-state index contributed by atoms with van der Waals surface area (Å²) in [5.74, 6) is 1.94. The van der Waals surface area contributed by atoms with Crippen molar-refractivity contribution in [2.75, 3.05) is 34.4 Å². The number of thioether (sulfide) groups is 1. The predicted molar refractivity (Wildman–Crippen MR) is 111 cm³/mol. The van der Waals surface area contributed by atoms with Gasteiger partial charge >= 0.3 is 6.09 Å². The molecule has 3 saturated heterocycles. The van der Waals surface area contributed by atoms with Crippen molar-refractivity contribution in [1.29, 1.82) is 0 Å². The second-order valence-electron chi connectivity index (χ2n) is 8.45. The van der Waals surface area contributed by atoms with Crippen LogP contribution in [0.15, 0.2) is 18.2 Å². The number of carbonyl (C=O) groups excluding carboxylic acids is 2. The van der Waals surface area contributed by atoms with E-state index >= 15 is 0 Å². The third-order valence-electron chi connectivity index (χ3n) is 6.62. The van der Waals surface area contributed by atoms with E-state index in [1.54, 1.807) is 12.1 Å². The molecule has 1 aromatic carbocycles. The summed E-state index contributed by atoms with van der Waals surface area (Å²) >= 11 is 1.95. The number of nitrogens with zero attached hydrogens (tertiary/aromatic N) is 2. The van der Waals surface area contributed by atoms with E-state index in [0.29, 0.717) is 36.5 Å². The van der Waals surface area contributed by atoms with Crippen molar-refractivity contribution in [3.63, 3.8) is 0 Å². The van der Waals surface area contributed by atoms with Crippen LogP contribution >= 0.6 is 11.8 Å². The summed E-state index contributed by atoms with van der Waals surface area (Å²) in [5.41, 5.74) is 1.14. The molecule has 1 aliphatic carbocycles. The van der Waals surface area contributed by atoms with Crippen molar-refractivity contribution < 1.29 is 18.7 Å². The van der Waals surface area contributed by atoms with E-state index in [1.165, 1.54) is 11.0 Å². The van der Waals surface area contributed by atoms with Crippen LogP contribution in [0, 0.1) is 11.7 Å². The first-order valence-corrected chi connectivity index (χ1v) is 11.7. The maximum Gasteiger partial charge on any atom is 0.414 e. The van der Waals surface area contributed by atoms with Gasteiger partial charge in [0.1, 0.15) is 11.9 Å². The first kappa shape index (κ1) is 19.0. The van der Waals surface area contributed by atoms with Gasteiger partial charge in [0.05, 0.1) is 24.5 Å². The second kappa shape index (κ2) is 7.70. The second-order valence-corrected chi connectivity index (χ2v) is 9.53. The lowest BCUT2D eigenvalue weighted by atomic mass is 9.85. The van der Waals surface area contributed by atoms with Crippen molar-refractivity contribution in [2.24, 2.45) is 5.92 Å². The van der Waals surface area contributed by atoms with Gasteiger partial charge in [0.25, 0.3) is 0 Å². The van der Waals surface area contributed by atoms with Gasteiger partial charge in [-0.2, -0.15) is 11.8 Å². The molecule has 1 N–H and O–H groups in total. The molecule has 6 nitrogen and oxygen atoms in total. The molecule has 3 heterocycles. The quantitative estimate of drug-likeness (QED) is 0.795. The van der Waals surface area contributed by atoms with Crippen LogP contribution in [0.5, 0.6) is 0 Å². The van der Waals surface area contributed by atoms with Crippen molar-refractivity contribution >= 4 is 35.1 Å². The number of ether oxygens (including phenoxy) is 1. The molecule has 0 aromatic heterocycles. The molecule has 0 radical (unpaired) electrons. The molecular formula is C21H26FN3O3S. The highest BCUT2D eigenvalue weighted by Crippen LogP contribution is 2.40. The SMILES string of the molecule is O=C(NC[C@H]1CN(c2ccc(N3C4CCC3CSC4)c(F)c2)C(=O)O1)C1CCC1. The molecule has 0 spiro atoms. The highest BCUT2D eigenvalue weighted by atomic mass is 32.2. The van der Waals surface area contributed by atoms with Gasteiger partial charge in [0.2, 0.25) is 5.91 Å². The lowest BCUT2D eigenvalue weighted by molar-refractivity contribution is -0.127. The Morgan fingerprint density at radius 2 is 1.97 bits per heavy atom. The zero-order valence-electron chi connectivity index (χ0n) is 16.3. The number of carbonyl (C=O) groups is 2. The summed E-state index contributed by atoms with van der Waals surface area (Å²) in [6.45, 7) is 0.612. The minimum Gasteiger partial charge on any atom is -0.442 e. The third-order valence-corrected chi connectivity index (χ3v) is 7.86. The van der Waals surface area contributed by atoms with E-state index in [4.69, 9.17) is 4.74 Å². The van der Waals surface area contributed by atoms with Crippen LogP contribution in [0.1, 0.15) is 32.1 Å². The Labute approximate surface area is 174 Å². The van der Waals surface area contributed by atoms with Gasteiger partial charge in [-0.15, -0.1) is 0 Å². The molecule has 2 bridgehead atoms. The van der Waals surface area contributed by atoms with Crippen molar-refractivity contribution in [3.05, 3.63) is 24.0 Å². The molecule has 29 heavy (non-hydrogen) atoms. The number of cyclic esters (lactones) is 1. The number of benzene rings is 1. The molecule has 1 saturated carbocycles. The molecule has 2 unspecified atom stereocenters. The van der Waals surface area contributed by atoms with Crippen molar-refractivity contribution in [1.82, 2.24) is 5.32 Å². The Kier molecular flexibility index (Phi) is 5.05. The lowest BCUT2D eigenvalue weighted by Gasteiger charge is -2.36. The first-order chi connectivity index (χ1) is 14.1. The van der Waals surface area contributed by atoms with Crippen LogP contribution in [-0.2, 0) is 9.53 Å². The Bertz CT molecular complexity index is 802. The Morgan fingerprint density at radius 1 is 1.21 bits per heavy atom. The molecule has 2 amide bonds. The van der Waals surface area contributed by atoms with Crippen LogP contribution in [0.2, 0.25) is 0 Å². The standard InChI is InChI=1S/C21H26FN3O3S/c22-18-8-14(6-7-19(18)25-15-4-5-16(25)12-29-11-15)24-10-17(28-21(24)27)9-23-20(26)13-2-1-3-13/h6-8,13,15-17H,1-5,9-12H2,(H,23,26)/t15?,16?,17-/m0/s1. The molecule has 3 atom stereocenters. The van der Waals surface area contributed by atoms with Gasteiger partial charge in [0, 0.05) is 29.5 Å². The Hall–Kier alpha value is -1.96. The molecule has 156 valence electrons. The number of fused-ring (bicyclic) bond motifs is 2. The fourth-order valence-electron chi connectivity index (χ4n) is 4.76. The van der Waals surface area contributed by atoms with E-state index in [0.717, 1.165) is 43.6 Å². The minimum absolute atomic E-state index is 0.0375. The number of hydrogen-bond acceptors (Lipinski definition) is 5. The van der Waals surface area contributed by atoms with Gasteiger partial charge < -0.3 is 15.0 Å². The number of hydrogen-bond donors (Lipinski definition) is 1. The summed E-state index contributed by atoms with van der Waals surface area (Å²) < 4.78 is 20.4. The monoisotopic (exact) mass is 419 g/mol. The summed E-state index contributed by atoms with van der Waals surface area (Å²) in [6, 6.07) is 5.84. The first-order valence-electron chi connectivity index (χ1n) is 10.5. The van der Waals surface area contributed by atoms with Crippen LogP contribution in [-0.4, -0.2) is 54.8 Å². The highest BCUT2D eigenvalue weighted by molar-refractivity contribution is 7.99. The number of rotatable bonds is 5. The van der Waals surface area contributed by atoms with Gasteiger partial charge in [0.15, 0.2) is 0 Å². The largest absolute Gasteiger partial charge is 0.442 e. The summed E-state index contributed by atoms with van der Waals surface area (Å²) in [4.78, 5) is 28.0. The van der Waals surface area contributed by atoms with Crippen molar-refractivity contribution in [3.8, 4) is 0 Å². The van der Waals surface area contributed by atoms with E-state index in [2.05, 4.69) is 10.2 Å². The normalized spacial score (nSPS) is 29.0. The van der Waals surface area contributed by atoms with E-state index in [1.807, 2.05) is 11.8 Å². The molecule has 4 aliphatic rings. The predicted octanol–water partition coefficient (Wildman–Crippen LogP) is 3.15. The third kappa shape index (κ3) is 3.56. The van der Waals surface area contributed by atoms with Gasteiger partial charge in [-0.25, -0.2) is 9.18 Å².